The zero-order chi connectivity index (χ0) is 19.6. The van der Waals surface area contributed by atoms with Crippen molar-refractivity contribution in [2.75, 3.05) is 13.1 Å². The Hall–Kier alpha value is -2.17. The lowest BCUT2D eigenvalue weighted by atomic mass is 9.96. The van der Waals surface area contributed by atoms with E-state index in [4.69, 9.17) is 4.52 Å². The molecule has 1 saturated heterocycles. The minimum Gasteiger partial charge on any atom is -0.343 e. The highest BCUT2D eigenvalue weighted by Gasteiger charge is 2.27. The van der Waals surface area contributed by atoms with Gasteiger partial charge in [-0.05, 0) is 19.3 Å². The van der Waals surface area contributed by atoms with Gasteiger partial charge >= 0.3 is 0 Å². The highest BCUT2D eigenvalue weighted by molar-refractivity contribution is 5.76. The first-order chi connectivity index (χ1) is 13.8. The monoisotopic (exact) mass is 383 g/mol. The van der Waals surface area contributed by atoms with E-state index in [9.17, 15) is 4.79 Å². The van der Waals surface area contributed by atoms with Crippen LogP contribution in [0.3, 0.4) is 0 Å². The van der Waals surface area contributed by atoms with E-state index in [0.717, 1.165) is 37.9 Å². The molecule has 0 radical (unpaired) electrons. The van der Waals surface area contributed by atoms with Crippen LogP contribution < -0.4 is 0 Å². The van der Waals surface area contributed by atoms with Crippen molar-refractivity contribution in [1.29, 1.82) is 0 Å². The summed E-state index contributed by atoms with van der Waals surface area (Å²) < 4.78 is 5.51. The average Bonchev–Trinajstić information content (AvgIpc) is 3.24. The fraction of sp³-hybridized carbons (Fsp3) is 0.609. The summed E-state index contributed by atoms with van der Waals surface area (Å²) in [6.07, 6.45) is 11.2. The van der Waals surface area contributed by atoms with E-state index in [0.29, 0.717) is 24.0 Å². The molecule has 5 nitrogen and oxygen atoms in total. The lowest BCUT2D eigenvalue weighted by Crippen LogP contribution is -2.37. The van der Waals surface area contributed by atoms with Crippen molar-refractivity contribution >= 4 is 5.91 Å². The Kier molecular flexibility index (Phi) is 8.07. The van der Waals surface area contributed by atoms with E-state index < -0.39 is 0 Å². The summed E-state index contributed by atoms with van der Waals surface area (Å²) in [5.74, 6) is 1.92. The van der Waals surface area contributed by atoms with Gasteiger partial charge in [0, 0.05) is 31.0 Å². The van der Waals surface area contributed by atoms with Crippen LogP contribution in [-0.4, -0.2) is 34.0 Å². The first-order valence-electron chi connectivity index (χ1n) is 10.9. The minimum atomic E-state index is 0.257. The van der Waals surface area contributed by atoms with Crippen LogP contribution in [0.2, 0.25) is 0 Å². The number of piperidine rings is 1. The molecule has 0 spiro atoms. The molecule has 1 aromatic heterocycles. The predicted molar refractivity (Wildman–Crippen MR) is 111 cm³/mol. The Balaban J connectivity index is 1.37. The number of hydrogen-bond acceptors (Lipinski definition) is 4. The highest BCUT2D eigenvalue weighted by Crippen LogP contribution is 2.28. The molecule has 3 rings (SSSR count). The topological polar surface area (TPSA) is 59.2 Å². The van der Waals surface area contributed by atoms with E-state index in [-0.39, 0.29) is 5.92 Å². The van der Waals surface area contributed by atoms with Crippen LogP contribution in [0.5, 0.6) is 0 Å². The van der Waals surface area contributed by atoms with Gasteiger partial charge in [0.2, 0.25) is 17.6 Å². The van der Waals surface area contributed by atoms with Crippen LogP contribution in [0.15, 0.2) is 34.9 Å². The maximum atomic E-state index is 12.4. The number of amides is 1. The van der Waals surface area contributed by atoms with Crippen molar-refractivity contribution in [3.8, 4) is 11.4 Å². The Morgan fingerprint density at radius 1 is 1.04 bits per heavy atom. The van der Waals surface area contributed by atoms with Gasteiger partial charge in [-0.3, -0.25) is 4.79 Å². The van der Waals surface area contributed by atoms with Gasteiger partial charge in [-0.1, -0.05) is 80.9 Å². The van der Waals surface area contributed by atoms with Gasteiger partial charge in [0.1, 0.15) is 0 Å². The van der Waals surface area contributed by atoms with E-state index in [2.05, 4.69) is 17.1 Å². The molecule has 2 heterocycles. The largest absolute Gasteiger partial charge is 0.343 e. The molecule has 0 aliphatic carbocycles. The molecule has 1 amide bonds. The van der Waals surface area contributed by atoms with Crippen LogP contribution in [0.4, 0.5) is 0 Å². The van der Waals surface area contributed by atoms with Gasteiger partial charge < -0.3 is 9.42 Å². The molecule has 1 aromatic carbocycles. The molecule has 28 heavy (non-hydrogen) atoms. The molecule has 0 unspecified atom stereocenters. The van der Waals surface area contributed by atoms with Gasteiger partial charge in [0.05, 0.1) is 0 Å². The number of unbranched alkanes of at least 4 members (excludes halogenated alkanes) is 6. The van der Waals surface area contributed by atoms with Crippen LogP contribution in [0.1, 0.15) is 82.9 Å². The molecule has 1 fully saturated rings. The minimum absolute atomic E-state index is 0.257. The van der Waals surface area contributed by atoms with Crippen molar-refractivity contribution in [3.05, 3.63) is 36.2 Å². The number of likely N-dealkylation sites (tertiary alicyclic amines) is 1. The molecule has 0 N–H and O–H groups in total. The van der Waals surface area contributed by atoms with Crippen LogP contribution in [-0.2, 0) is 4.79 Å². The van der Waals surface area contributed by atoms with Crippen LogP contribution in [0.25, 0.3) is 11.4 Å². The second-order valence-electron chi connectivity index (χ2n) is 7.85. The molecule has 152 valence electrons. The lowest BCUT2D eigenvalue weighted by molar-refractivity contribution is -0.132. The number of nitrogens with zero attached hydrogens (tertiary/aromatic N) is 3. The first-order valence-corrected chi connectivity index (χ1v) is 10.9. The normalized spacial score (nSPS) is 15.1. The van der Waals surface area contributed by atoms with E-state index in [1.807, 2.05) is 35.2 Å². The molecule has 0 atom stereocenters. The second-order valence-corrected chi connectivity index (χ2v) is 7.85. The zero-order valence-corrected chi connectivity index (χ0v) is 17.1. The zero-order valence-electron chi connectivity index (χ0n) is 17.1. The van der Waals surface area contributed by atoms with Gasteiger partial charge in [-0.2, -0.15) is 4.98 Å². The third-order valence-corrected chi connectivity index (χ3v) is 5.66. The Morgan fingerprint density at radius 3 is 2.43 bits per heavy atom. The van der Waals surface area contributed by atoms with Gasteiger partial charge in [-0.15, -0.1) is 0 Å². The molecular weight excluding hydrogens is 350 g/mol. The highest BCUT2D eigenvalue weighted by atomic mass is 16.5. The maximum absolute atomic E-state index is 12.4. The summed E-state index contributed by atoms with van der Waals surface area (Å²) in [5.41, 5.74) is 0.972. The van der Waals surface area contributed by atoms with Crippen molar-refractivity contribution in [1.82, 2.24) is 15.0 Å². The summed E-state index contributed by atoms with van der Waals surface area (Å²) >= 11 is 0. The summed E-state index contributed by atoms with van der Waals surface area (Å²) in [4.78, 5) is 19.0. The predicted octanol–water partition coefficient (Wildman–Crippen LogP) is 5.58. The number of benzene rings is 1. The Labute approximate surface area is 168 Å². The standard InChI is InChI=1S/C23H33N3O2/c1-2-3-4-5-6-7-11-14-21(27)26-17-15-20(16-18-26)23-24-22(25-28-23)19-12-9-8-10-13-19/h8-10,12-13,20H,2-7,11,14-18H2,1H3. The fourth-order valence-corrected chi connectivity index (χ4v) is 3.87. The number of rotatable bonds is 10. The SMILES string of the molecule is CCCCCCCCCC(=O)N1CCC(c2nc(-c3ccccc3)no2)CC1. The lowest BCUT2D eigenvalue weighted by Gasteiger charge is -2.30. The van der Waals surface area contributed by atoms with Gasteiger partial charge in [0.15, 0.2) is 0 Å². The van der Waals surface area contributed by atoms with Crippen molar-refractivity contribution in [2.45, 2.75) is 77.0 Å². The Morgan fingerprint density at radius 2 is 1.71 bits per heavy atom. The third kappa shape index (κ3) is 5.91. The van der Waals surface area contributed by atoms with Crippen molar-refractivity contribution in [2.24, 2.45) is 0 Å². The third-order valence-electron chi connectivity index (χ3n) is 5.66. The van der Waals surface area contributed by atoms with E-state index in [1.54, 1.807) is 0 Å². The molecule has 0 bridgehead atoms. The summed E-state index contributed by atoms with van der Waals surface area (Å²) in [6, 6.07) is 9.89. The summed E-state index contributed by atoms with van der Waals surface area (Å²) in [7, 11) is 0. The van der Waals surface area contributed by atoms with Crippen LogP contribution in [0, 0.1) is 0 Å². The van der Waals surface area contributed by atoms with Crippen molar-refractivity contribution in [3.63, 3.8) is 0 Å². The molecule has 5 heteroatoms. The number of hydrogen-bond donors (Lipinski definition) is 0. The average molecular weight is 384 g/mol. The second kappa shape index (κ2) is 11.0. The summed E-state index contributed by atoms with van der Waals surface area (Å²) in [6.45, 7) is 3.83. The fourth-order valence-electron chi connectivity index (χ4n) is 3.87. The van der Waals surface area contributed by atoms with Gasteiger partial charge in [0.25, 0.3) is 0 Å². The van der Waals surface area contributed by atoms with E-state index in [1.165, 1.54) is 38.5 Å². The molecular formula is C23H33N3O2. The maximum Gasteiger partial charge on any atom is 0.230 e. The number of carbonyl (C=O) groups excluding carboxylic acids is 1. The smallest absolute Gasteiger partial charge is 0.230 e. The first kappa shape index (κ1) is 20.6. The van der Waals surface area contributed by atoms with Crippen molar-refractivity contribution < 1.29 is 9.32 Å². The molecule has 1 aliphatic heterocycles. The van der Waals surface area contributed by atoms with Gasteiger partial charge in [-0.25, -0.2) is 0 Å². The van der Waals surface area contributed by atoms with Crippen LogP contribution >= 0.6 is 0 Å². The molecule has 0 saturated carbocycles. The number of carbonyl (C=O) groups is 1. The van der Waals surface area contributed by atoms with E-state index >= 15 is 0 Å². The number of aromatic nitrogens is 2. The summed E-state index contributed by atoms with van der Waals surface area (Å²) in [5, 5.41) is 4.13. The quantitative estimate of drug-likeness (QED) is 0.502. The Bertz CT molecular complexity index is 706. The molecule has 2 aromatic rings. The molecule has 1 aliphatic rings.